The lowest BCUT2D eigenvalue weighted by Crippen LogP contribution is -2.33. The minimum absolute atomic E-state index is 0.622. The van der Waals surface area contributed by atoms with E-state index in [2.05, 4.69) is 27.1 Å². The van der Waals surface area contributed by atoms with E-state index < -0.39 is 0 Å². The molecule has 1 aromatic rings. The Labute approximate surface area is 107 Å². The highest BCUT2D eigenvalue weighted by Crippen LogP contribution is 2.30. The average Bonchev–Trinajstić information content (AvgIpc) is 2.29. The molecule has 94 valence electrons. The fourth-order valence-corrected chi connectivity index (χ4v) is 2.26. The minimum Gasteiger partial charge on any atom is -0.357 e. The Morgan fingerprint density at radius 3 is 2.82 bits per heavy atom. The highest BCUT2D eigenvalue weighted by molar-refractivity contribution is 6.32. The van der Waals surface area contributed by atoms with E-state index in [0.717, 1.165) is 24.8 Å². The molecule has 0 amide bonds. The normalized spacial score (nSPS) is 15.5. The molecular formula is C12H19ClN4. The number of hydrogen-bond donors (Lipinski definition) is 1. The number of nitrogens with zero attached hydrogens (tertiary/aromatic N) is 3. The Morgan fingerprint density at radius 2 is 2.29 bits per heavy atom. The number of aromatic nitrogens is 2. The zero-order valence-corrected chi connectivity index (χ0v) is 11.2. The lowest BCUT2D eigenvalue weighted by atomic mass is 9.85. The number of hydrogen-bond acceptors (Lipinski definition) is 4. The molecule has 0 aromatic carbocycles. The molecule has 5 heteroatoms. The maximum Gasteiger partial charge on any atom is 0.224 e. The van der Waals surface area contributed by atoms with Crippen molar-refractivity contribution in [2.45, 2.75) is 26.2 Å². The van der Waals surface area contributed by atoms with Crippen molar-refractivity contribution in [2.24, 2.45) is 5.92 Å². The molecule has 0 radical (unpaired) electrons. The van der Waals surface area contributed by atoms with Crippen molar-refractivity contribution in [2.75, 3.05) is 30.4 Å². The second kappa shape index (κ2) is 5.54. The molecule has 0 saturated heterocycles. The highest BCUT2D eigenvalue weighted by atomic mass is 35.5. The first kappa shape index (κ1) is 12.4. The van der Waals surface area contributed by atoms with Crippen LogP contribution in [0.1, 0.15) is 26.2 Å². The van der Waals surface area contributed by atoms with Crippen molar-refractivity contribution in [1.82, 2.24) is 9.97 Å². The SMILES string of the molecule is CCN(CC1CCC1)c1nc(NC)ncc1Cl. The van der Waals surface area contributed by atoms with E-state index in [9.17, 15) is 0 Å². The zero-order chi connectivity index (χ0) is 12.3. The molecule has 4 nitrogen and oxygen atoms in total. The Bertz CT molecular complexity index is 379. The van der Waals surface area contributed by atoms with Gasteiger partial charge in [0, 0.05) is 20.1 Å². The zero-order valence-electron chi connectivity index (χ0n) is 10.4. The smallest absolute Gasteiger partial charge is 0.224 e. The van der Waals surface area contributed by atoms with Gasteiger partial charge in [-0.2, -0.15) is 4.98 Å². The van der Waals surface area contributed by atoms with Crippen LogP contribution < -0.4 is 10.2 Å². The van der Waals surface area contributed by atoms with Gasteiger partial charge in [-0.3, -0.25) is 0 Å². The molecule has 0 atom stereocenters. The second-order valence-electron chi connectivity index (χ2n) is 4.45. The van der Waals surface area contributed by atoms with Gasteiger partial charge in [-0.1, -0.05) is 18.0 Å². The van der Waals surface area contributed by atoms with Gasteiger partial charge in [-0.15, -0.1) is 0 Å². The third kappa shape index (κ3) is 2.80. The monoisotopic (exact) mass is 254 g/mol. The molecule has 2 rings (SSSR count). The molecule has 0 bridgehead atoms. The molecule has 1 saturated carbocycles. The van der Waals surface area contributed by atoms with E-state index in [-0.39, 0.29) is 0 Å². The van der Waals surface area contributed by atoms with Crippen LogP contribution in [0.5, 0.6) is 0 Å². The Kier molecular flexibility index (Phi) is 4.05. The van der Waals surface area contributed by atoms with E-state index in [1.165, 1.54) is 19.3 Å². The van der Waals surface area contributed by atoms with Gasteiger partial charge < -0.3 is 10.2 Å². The number of halogens is 1. The second-order valence-corrected chi connectivity index (χ2v) is 4.86. The summed E-state index contributed by atoms with van der Waals surface area (Å²) in [5, 5.41) is 3.58. The van der Waals surface area contributed by atoms with Crippen LogP contribution in [0.2, 0.25) is 5.02 Å². The van der Waals surface area contributed by atoms with Gasteiger partial charge in [0.25, 0.3) is 0 Å². The highest BCUT2D eigenvalue weighted by Gasteiger charge is 2.22. The summed E-state index contributed by atoms with van der Waals surface area (Å²) >= 11 is 6.18. The van der Waals surface area contributed by atoms with Gasteiger partial charge in [-0.05, 0) is 25.7 Å². The van der Waals surface area contributed by atoms with Crippen molar-refractivity contribution in [1.29, 1.82) is 0 Å². The number of rotatable bonds is 5. The molecule has 0 aliphatic heterocycles. The van der Waals surface area contributed by atoms with Gasteiger partial charge in [0.15, 0.2) is 5.82 Å². The first-order chi connectivity index (χ1) is 8.24. The quantitative estimate of drug-likeness (QED) is 0.877. The van der Waals surface area contributed by atoms with Crippen LogP contribution in [-0.2, 0) is 0 Å². The summed E-state index contributed by atoms with van der Waals surface area (Å²) in [5.74, 6) is 2.27. The van der Waals surface area contributed by atoms with E-state index in [4.69, 9.17) is 11.6 Å². The van der Waals surface area contributed by atoms with Gasteiger partial charge in [0.1, 0.15) is 5.02 Å². The summed E-state index contributed by atoms with van der Waals surface area (Å²) in [6.45, 7) is 4.11. The van der Waals surface area contributed by atoms with Crippen LogP contribution in [0.3, 0.4) is 0 Å². The van der Waals surface area contributed by atoms with Crippen LogP contribution in [0.4, 0.5) is 11.8 Å². The molecule has 0 spiro atoms. The maximum atomic E-state index is 6.18. The molecule has 1 aromatic heterocycles. The molecule has 17 heavy (non-hydrogen) atoms. The van der Waals surface area contributed by atoms with Crippen molar-refractivity contribution < 1.29 is 0 Å². The molecule has 0 unspecified atom stereocenters. The Morgan fingerprint density at radius 1 is 1.53 bits per heavy atom. The van der Waals surface area contributed by atoms with Crippen molar-refractivity contribution in [3.8, 4) is 0 Å². The number of nitrogens with one attached hydrogen (secondary N) is 1. The van der Waals surface area contributed by atoms with Gasteiger partial charge in [0.05, 0.1) is 6.20 Å². The molecule has 1 aliphatic carbocycles. The van der Waals surface area contributed by atoms with Crippen LogP contribution in [0.25, 0.3) is 0 Å². The largest absolute Gasteiger partial charge is 0.357 e. The summed E-state index contributed by atoms with van der Waals surface area (Å²) in [6, 6.07) is 0. The summed E-state index contributed by atoms with van der Waals surface area (Å²) in [7, 11) is 1.81. The van der Waals surface area contributed by atoms with E-state index in [1.54, 1.807) is 6.20 Å². The van der Waals surface area contributed by atoms with Crippen molar-refractivity contribution >= 4 is 23.4 Å². The van der Waals surface area contributed by atoms with E-state index >= 15 is 0 Å². The standard InChI is InChI=1S/C12H19ClN4/c1-3-17(8-9-5-4-6-9)11-10(13)7-15-12(14-2)16-11/h7,9H,3-6,8H2,1-2H3,(H,14,15,16). The molecule has 1 fully saturated rings. The fraction of sp³-hybridized carbons (Fsp3) is 0.667. The lowest BCUT2D eigenvalue weighted by molar-refractivity contribution is 0.318. The molecule has 1 N–H and O–H groups in total. The predicted molar refractivity (Wildman–Crippen MR) is 71.8 cm³/mol. The average molecular weight is 255 g/mol. The van der Waals surface area contributed by atoms with E-state index in [0.29, 0.717) is 11.0 Å². The number of anilines is 2. The van der Waals surface area contributed by atoms with Crippen LogP contribution in [0, 0.1) is 5.92 Å². The van der Waals surface area contributed by atoms with Crippen molar-refractivity contribution in [3.63, 3.8) is 0 Å². The van der Waals surface area contributed by atoms with Crippen molar-refractivity contribution in [3.05, 3.63) is 11.2 Å². The maximum absolute atomic E-state index is 6.18. The summed E-state index contributed by atoms with van der Waals surface area (Å²) in [6.07, 6.45) is 5.69. The van der Waals surface area contributed by atoms with Crippen LogP contribution in [0.15, 0.2) is 6.20 Å². The van der Waals surface area contributed by atoms with Gasteiger partial charge in [0.2, 0.25) is 5.95 Å². The summed E-state index contributed by atoms with van der Waals surface area (Å²) in [5.41, 5.74) is 0. The fourth-order valence-electron chi connectivity index (χ4n) is 2.05. The van der Waals surface area contributed by atoms with E-state index in [1.807, 2.05) is 7.05 Å². The molecular weight excluding hydrogens is 236 g/mol. The Balaban J connectivity index is 2.15. The summed E-state index contributed by atoms with van der Waals surface area (Å²) in [4.78, 5) is 10.8. The first-order valence-electron chi connectivity index (χ1n) is 6.19. The van der Waals surface area contributed by atoms with Crippen LogP contribution in [-0.4, -0.2) is 30.1 Å². The van der Waals surface area contributed by atoms with Crippen LogP contribution >= 0.6 is 11.6 Å². The van der Waals surface area contributed by atoms with Gasteiger partial charge in [-0.25, -0.2) is 4.98 Å². The molecule has 1 heterocycles. The lowest BCUT2D eigenvalue weighted by Gasteiger charge is -2.32. The third-order valence-corrected chi connectivity index (χ3v) is 3.60. The topological polar surface area (TPSA) is 41.1 Å². The Hall–Kier alpha value is -1.03. The van der Waals surface area contributed by atoms with Gasteiger partial charge >= 0.3 is 0 Å². The minimum atomic E-state index is 0.622. The third-order valence-electron chi connectivity index (χ3n) is 3.33. The first-order valence-corrected chi connectivity index (χ1v) is 6.57. The summed E-state index contributed by atoms with van der Waals surface area (Å²) < 4.78 is 0. The molecule has 1 aliphatic rings. The predicted octanol–water partition coefficient (Wildman–Crippen LogP) is 2.80.